The van der Waals surface area contributed by atoms with Gasteiger partial charge in [-0.1, -0.05) is 12.1 Å². The zero-order valence-electron chi connectivity index (χ0n) is 8.20. The molecular formula is C10H13N2O2+. The molecule has 4 heteroatoms. The molecule has 1 aromatic carbocycles. The molecule has 0 fully saturated rings. The van der Waals surface area contributed by atoms with Crippen molar-refractivity contribution in [3.8, 4) is 0 Å². The topological polar surface area (TPSA) is 66.8 Å². The van der Waals surface area contributed by atoms with Gasteiger partial charge in [0.15, 0.2) is 5.71 Å². The summed E-state index contributed by atoms with van der Waals surface area (Å²) >= 11 is 0. The predicted molar refractivity (Wildman–Crippen MR) is 52.8 cm³/mol. The quantitative estimate of drug-likeness (QED) is 0.404. The molecule has 1 aromatic rings. The maximum Gasteiger partial charge on any atom is 0.356 e. The summed E-state index contributed by atoms with van der Waals surface area (Å²) in [4.78, 5) is 11.1. The van der Waals surface area contributed by atoms with Crippen molar-refractivity contribution in [3.05, 3.63) is 29.8 Å². The highest BCUT2D eigenvalue weighted by Gasteiger charge is 2.16. The first-order valence-corrected chi connectivity index (χ1v) is 4.26. The Labute approximate surface area is 82.4 Å². The fourth-order valence-electron chi connectivity index (χ4n) is 1.19. The maximum atomic E-state index is 11.1. The van der Waals surface area contributed by atoms with Crippen LogP contribution in [0.5, 0.6) is 0 Å². The summed E-state index contributed by atoms with van der Waals surface area (Å²) in [6.07, 6.45) is 0. The van der Waals surface area contributed by atoms with Gasteiger partial charge in [-0.3, -0.25) is 5.41 Å². The lowest BCUT2D eigenvalue weighted by atomic mass is 10.1. The summed E-state index contributed by atoms with van der Waals surface area (Å²) in [5, 5.41) is 9.44. The number of quaternary nitrogens is 1. The molecule has 0 spiro atoms. The van der Waals surface area contributed by atoms with Crippen LogP contribution in [0.3, 0.4) is 0 Å². The standard InChI is InChI=1S/C10H12N2O2/c1-12-8-6-4-3-5-7(8)9(11)10(13)14-2/h3-6,11-12H,1-2H3/p+1. The van der Waals surface area contributed by atoms with Crippen molar-refractivity contribution in [3.63, 3.8) is 0 Å². The summed E-state index contributed by atoms with van der Waals surface area (Å²) in [5.74, 6) is -0.612. The first-order valence-electron chi connectivity index (χ1n) is 4.26. The number of methoxy groups -OCH3 is 1. The Hall–Kier alpha value is -1.68. The lowest BCUT2D eigenvalue weighted by Crippen LogP contribution is -2.73. The lowest BCUT2D eigenvalue weighted by Gasteiger charge is -2.04. The molecule has 0 heterocycles. The van der Waals surface area contributed by atoms with Crippen LogP contribution in [0, 0.1) is 5.41 Å². The highest BCUT2D eigenvalue weighted by Crippen LogP contribution is 2.10. The third-order valence-corrected chi connectivity index (χ3v) is 1.93. The monoisotopic (exact) mass is 193 g/mol. The molecule has 0 saturated carbocycles. The fraction of sp³-hybridized carbons (Fsp3) is 0.200. The predicted octanol–water partition coefficient (Wildman–Crippen LogP) is 0.0522. The fourth-order valence-corrected chi connectivity index (χ4v) is 1.19. The third kappa shape index (κ3) is 1.97. The van der Waals surface area contributed by atoms with Gasteiger partial charge in [0, 0.05) is 0 Å². The summed E-state index contributed by atoms with van der Waals surface area (Å²) in [6, 6.07) is 7.24. The van der Waals surface area contributed by atoms with E-state index in [0.717, 1.165) is 5.69 Å². The molecule has 14 heavy (non-hydrogen) atoms. The summed E-state index contributed by atoms with van der Waals surface area (Å²) < 4.78 is 4.49. The van der Waals surface area contributed by atoms with Crippen LogP contribution >= 0.6 is 0 Å². The average Bonchev–Trinajstić information content (AvgIpc) is 2.26. The second-order valence-corrected chi connectivity index (χ2v) is 2.74. The van der Waals surface area contributed by atoms with Crippen LogP contribution in [0.4, 0.5) is 5.69 Å². The van der Waals surface area contributed by atoms with Gasteiger partial charge in [-0.15, -0.1) is 0 Å². The average molecular weight is 193 g/mol. The van der Waals surface area contributed by atoms with Crippen molar-refractivity contribution in [2.45, 2.75) is 0 Å². The van der Waals surface area contributed by atoms with E-state index in [0.29, 0.717) is 5.56 Å². The van der Waals surface area contributed by atoms with Crippen LogP contribution in [-0.4, -0.2) is 25.8 Å². The van der Waals surface area contributed by atoms with Gasteiger partial charge in [0.2, 0.25) is 0 Å². The van der Waals surface area contributed by atoms with E-state index >= 15 is 0 Å². The van der Waals surface area contributed by atoms with Crippen molar-refractivity contribution >= 4 is 17.4 Å². The highest BCUT2D eigenvalue weighted by molar-refractivity contribution is 6.42. The zero-order chi connectivity index (χ0) is 10.6. The Morgan fingerprint density at radius 3 is 2.64 bits per heavy atom. The number of benzene rings is 1. The van der Waals surface area contributed by atoms with Crippen LogP contribution in [0.15, 0.2) is 24.3 Å². The second kappa shape index (κ2) is 4.53. The number of hydrogen-bond acceptors (Lipinski definition) is 3. The molecule has 0 aliphatic rings. The van der Waals surface area contributed by atoms with E-state index in [1.807, 2.05) is 24.5 Å². The number of esters is 1. The van der Waals surface area contributed by atoms with Gasteiger partial charge >= 0.3 is 5.97 Å². The molecule has 0 aromatic heterocycles. The number of ether oxygens (including phenoxy) is 1. The van der Waals surface area contributed by atoms with E-state index in [9.17, 15) is 4.79 Å². The van der Waals surface area contributed by atoms with Gasteiger partial charge in [-0.05, 0) is 12.1 Å². The zero-order valence-corrected chi connectivity index (χ0v) is 8.20. The van der Waals surface area contributed by atoms with E-state index in [1.165, 1.54) is 7.11 Å². The van der Waals surface area contributed by atoms with E-state index < -0.39 is 5.97 Å². The SMILES string of the molecule is C[NH2+]c1ccccc1C(=N)C(=O)OC. The minimum absolute atomic E-state index is 0.110. The first kappa shape index (κ1) is 10.4. The van der Waals surface area contributed by atoms with Gasteiger partial charge in [0.25, 0.3) is 0 Å². The minimum atomic E-state index is -0.612. The van der Waals surface area contributed by atoms with Gasteiger partial charge in [0.1, 0.15) is 5.69 Å². The molecule has 0 bridgehead atoms. The van der Waals surface area contributed by atoms with E-state index in [1.54, 1.807) is 12.1 Å². The molecule has 0 aliphatic carbocycles. The summed E-state index contributed by atoms with van der Waals surface area (Å²) in [7, 11) is 3.14. The first-order chi connectivity index (χ1) is 6.70. The molecular weight excluding hydrogens is 180 g/mol. The van der Waals surface area contributed by atoms with E-state index in [-0.39, 0.29) is 5.71 Å². The smallest absolute Gasteiger partial charge is 0.356 e. The van der Waals surface area contributed by atoms with Crippen molar-refractivity contribution < 1.29 is 14.8 Å². The molecule has 74 valence electrons. The number of rotatable bonds is 3. The number of carbonyl (C=O) groups is 1. The number of para-hydroxylation sites is 1. The van der Waals surface area contributed by atoms with Crippen LogP contribution in [0.2, 0.25) is 0 Å². The molecule has 0 unspecified atom stereocenters. The minimum Gasteiger partial charge on any atom is -0.464 e. The van der Waals surface area contributed by atoms with Crippen LogP contribution in [0.25, 0.3) is 0 Å². The molecule has 0 radical (unpaired) electrons. The van der Waals surface area contributed by atoms with Crippen LogP contribution in [0.1, 0.15) is 5.56 Å². The Balaban J connectivity index is 3.06. The van der Waals surface area contributed by atoms with E-state index in [4.69, 9.17) is 5.41 Å². The van der Waals surface area contributed by atoms with E-state index in [2.05, 4.69) is 4.74 Å². The largest absolute Gasteiger partial charge is 0.464 e. The maximum absolute atomic E-state index is 11.1. The van der Waals surface area contributed by atoms with Gasteiger partial charge in [0.05, 0.1) is 19.7 Å². The highest BCUT2D eigenvalue weighted by atomic mass is 16.5. The number of nitrogens with one attached hydrogen (secondary N) is 1. The summed E-state index contributed by atoms with van der Waals surface area (Å²) in [5.41, 5.74) is 1.35. The Morgan fingerprint density at radius 2 is 2.07 bits per heavy atom. The third-order valence-electron chi connectivity index (χ3n) is 1.93. The summed E-state index contributed by atoms with van der Waals surface area (Å²) in [6.45, 7) is 0. The second-order valence-electron chi connectivity index (χ2n) is 2.74. The van der Waals surface area contributed by atoms with Crippen molar-refractivity contribution in [2.75, 3.05) is 14.2 Å². The molecule has 3 N–H and O–H groups in total. The Bertz CT molecular complexity index is 361. The molecule has 0 amide bonds. The van der Waals surface area contributed by atoms with Gasteiger partial charge < -0.3 is 10.1 Å². The normalized spacial score (nSPS) is 9.57. The van der Waals surface area contributed by atoms with Crippen molar-refractivity contribution in [2.24, 2.45) is 0 Å². The molecule has 0 aliphatic heterocycles. The number of hydrogen-bond donors (Lipinski definition) is 2. The number of nitrogens with two attached hydrogens (primary N) is 1. The molecule has 1 rings (SSSR count). The Kier molecular flexibility index (Phi) is 3.36. The molecule has 0 saturated heterocycles. The Morgan fingerprint density at radius 1 is 1.43 bits per heavy atom. The van der Waals surface area contributed by atoms with Crippen molar-refractivity contribution in [1.82, 2.24) is 0 Å². The lowest BCUT2D eigenvalue weighted by molar-refractivity contribution is -0.539. The van der Waals surface area contributed by atoms with Gasteiger partial charge in [-0.25, -0.2) is 4.79 Å². The van der Waals surface area contributed by atoms with Crippen molar-refractivity contribution in [1.29, 1.82) is 5.41 Å². The van der Waals surface area contributed by atoms with Gasteiger partial charge in [-0.2, -0.15) is 0 Å². The van der Waals surface area contributed by atoms with Crippen LogP contribution < -0.4 is 5.32 Å². The molecule has 0 atom stereocenters. The molecule has 4 nitrogen and oxygen atoms in total. The number of carbonyl (C=O) groups excluding carboxylic acids is 1. The van der Waals surface area contributed by atoms with Crippen LogP contribution in [-0.2, 0) is 9.53 Å².